The summed E-state index contributed by atoms with van der Waals surface area (Å²) >= 11 is 1.76. The van der Waals surface area contributed by atoms with E-state index < -0.39 is 0 Å². The fourth-order valence-electron chi connectivity index (χ4n) is 2.75. The van der Waals surface area contributed by atoms with Gasteiger partial charge in [0.2, 0.25) is 0 Å². The number of thiazole rings is 1. The molecule has 0 aromatic carbocycles. The van der Waals surface area contributed by atoms with E-state index in [0.717, 1.165) is 18.2 Å². The molecule has 1 aliphatic rings. The van der Waals surface area contributed by atoms with Crippen molar-refractivity contribution >= 4 is 17.4 Å². The van der Waals surface area contributed by atoms with Crippen LogP contribution in [0.3, 0.4) is 0 Å². The van der Waals surface area contributed by atoms with E-state index in [4.69, 9.17) is 0 Å². The maximum Gasteiger partial charge on any atom is 0.116 e. The summed E-state index contributed by atoms with van der Waals surface area (Å²) in [5, 5.41) is 6.96. The molecule has 112 valence electrons. The minimum atomic E-state index is 0.173. The Bertz CT molecular complexity index is 448. The zero-order valence-corrected chi connectivity index (χ0v) is 14.1. The van der Waals surface area contributed by atoms with E-state index in [2.05, 4.69) is 49.5 Å². The molecule has 0 unspecified atom stereocenters. The van der Waals surface area contributed by atoms with E-state index in [-0.39, 0.29) is 5.54 Å². The summed E-state index contributed by atoms with van der Waals surface area (Å²) in [6.45, 7) is 9.77. The van der Waals surface area contributed by atoms with E-state index in [1.807, 2.05) is 0 Å². The minimum absolute atomic E-state index is 0.173. The van der Waals surface area contributed by atoms with Gasteiger partial charge in [-0.25, -0.2) is 4.98 Å². The van der Waals surface area contributed by atoms with Crippen LogP contribution in [0.2, 0.25) is 0 Å². The molecule has 1 saturated carbocycles. The van der Waals surface area contributed by atoms with E-state index >= 15 is 0 Å². The van der Waals surface area contributed by atoms with Gasteiger partial charge >= 0.3 is 0 Å². The molecule has 1 heterocycles. The van der Waals surface area contributed by atoms with Gasteiger partial charge in [0.05, 0.1) is 0 Å². The van der Waals surface area contributed by atoms with Crippen LogP contribution in [0.4, 0.5) is 0 Å². The first-order valence-corrected chi connectivity index (χ1v) is 8.69. The maximum absolute atomic E-state index is 4.60. The van der Waals surface area contributed by atoms with Crippen molar-refractivity contribution in [2.24, 2.45) is 5.92 Å². The van der Waals surface area contributed by atoms with Gasteiger partial charge < -0.3 is 5.32 Å². The lowest BCUT2D eigenvalue weighted by atomic mass is 9.83. The zero-order chi connectivity index (χ0) is 14.6. The van der Waals surface area contributed by atoms with E-state index in [1.54, 1.807) is 16.9 Å². The third-order valence-corrected chi connectivity index (χ3v) is 4.81. The van der Waals surface area contributed by atoms with Gasteiger partial charge in [-0.05, 0) is 52.5 Å². The molecule has 1 aliphatic carbocycles. The lowest BCUT2D eigenvalue weighted by Crippen LogP contribution is -2.38. The molecule has 0 spiro atoms. The third kappa shape index (κ3) is 5.02. The molecule has 0 saturated heterocycles. The lowest BCUT2D eigenvalue weighted by molar-refractivity contribution is 0.378. The summed E-state index contributed by atoms with van der Waals surface area (Å²) in [5.41, 5.74) is 2.86. The Kier molecular flexibility index (Phi) is 5.39. The highest BCUT2D eigenvalue weighted by molar-refractivity contribution is 7.10. The standard InChI is InChI=1S/C17H28N2S/c1-13-12-20-16(19-13)10-15(11-18-17(2,3)4)14-8-6-5-7-9-14/h10,12,14,18H,5-9,11H2,1-4H3/b15-10-. The first-order chi connectivity index (χ1) is 9.44. The van der Waals surface area contributed by atoms with Crippen molar-refractivity contribution in [3.63, 3.8) is 0 Å². The molecule has 20 heavy (non-hydrogen) atoms. The Morgan fingerprint density at radius 3 is 2.60 bits per heavy atom. The van der Waals surface area contributed by atoms with Crippen molar-refractivity contribution < 1.29 is 0 Å². The van der Waals surface area contributed by atoms with Crippen LogP contribution in [0.5, 0.6) is 0 Å². The first kappa shape index (κ1) is 15.7. The van der Waals surface area contributed by atoms with Crippen molar-refractivity contribution in [1.29, 1.82) is 0 Å². The van der Waals surface area contributed by atoms with Gasteiger partial charge in [-0.2, -0.15) is 0 Å². The first-order valence-electron chi connectivity index (χ1n) is 7.82. The Hall–Kier alpha value is -0.670. The number of nitrogens with one attached hydrogen (secondary N) is 1. The van der Waals surface area contributed by atoms with E-state index in [9.17, 15) is 0 Å². The van der Waals surface area contributed by atoms with E-state index in [1.165, 1.54) is 37.1 Å². The smallest absolute Gasteiger partial charge is 0.116 e. The van der Waals surface area contributed by atoms with Crippen LogP contribution in [-0.4, -0.2) is 17.1 Å². The largest absolute Gasteiger partial charge is 0.308 e. The molecule has 0 atom stereocenters. The summed E-state index contributed by atoms with van der Waals surface area (Å²) in [6.07, 6.45) is 9.21. The molecule has 1 fully saturated rings. The molecule has 0 amide bonds. The van der Waals surface area contributed by atoms with Crippen molar-refractivity contribution in [3.8, 4) is 0 Å². The van der Waals surface area contributed by atoms with Crippen molar-refractivity contribution in [2.45, 2.75) is 65.3 Å². The van der Waals surface area contributed by atoms with Gasteiger partial charge in [0.25, 0.3) is 0 Å². The van der Waals surface area contributed by atoms with Gasteiger partial charge in [-0.3, -0.25) is 0 Å². The Morgan fingerprint density at radius 1 is 1.35 bits per heavy atom. The normalized spacial score (nSPS) is 18.5. The average Bonchev–Trinajstić information content (AvgIpc) is 2.80. The summed E-state index contributed by atoms with van der Waals surface area (Å²) in [4.78, 5) is 4.60. The van der Waals surface area contributed by atoms with Crippen molar-refractivity contribution in [3.05, 3.63) is 21.7 Å². The summed E-state index contributed by atoms with van der Waals surface area (Å²) in [5.74, 6) is 0.753. The number of hydrogen-bond donors (Lipinski definition) is 1. The molecule has 1 aromatic heterocycles. The second-order valence-corrected chi connectivity index (χ2v) is 7.87. The number of nitrogens with zero attached hydrogens (tertiary/aromatic N) is 1. The SMILES string of the molecule is Cc1csc(/C=C(/CNC(C)(C)C)C2CCCCC2)n1. The molecule has 2 rings (SSSR count). The van der Waals surface area contributed by atoms with Gasteiger partial charge in [-0.15, -0.1) is 11.3 Å². The van der Waals surface area contributed by atoms with Crippen LogP contribution in [-0.2, 0) is 0 Å². The van der Waals surface area contributed by atoms with Crippen LogP contribution >= 0.6 is 11.3 Å². The number of aromatic nitrogens is 1. The molecule has 0 bridgehead atoms. The monoisotopic (exact) mass is 292 g/mol. The fraction of sp³-hybridized carbons (Fsp3) is 0.706. The molecule has 1 N–H and O–H groups in total. The summed E-state index contributed by atoms with van der Waals surface area (Å²) in [7, 11) is 0. The average molecular weight is 292 g/mol. The topological polar surface area (TPSA) is 24.9 Å². The Morgan fingerprint density at radius 2 is 2.05 bits per heavy atom. The van der Waals surface area contributed by atoms with Crippen LogP contribution in [0.1, 0.15) is 63.6 Å². The lowest BCUT2D eigenvalue weighted by Gasteiger charge is -2.28. The number of rotatable bonds is 4. The predicted molar refractivity (Wildman–Crippen MR) is 89.2 cm³/mol. The second-order valence-electron chi connectivity index (χ2n) is 6.98. The molecule has 0 radical (unpaired) electrons. The molecule has 1 aromatic rings. The Balaban J connectivity index is 2.12. The molecule has 2 nitrogen and oxygen atoms in total. The quantitative estimate of drug-likeness (QED) is 0.862. The fourth-order valence-corrected chi connectivity index (χ4v) is 3.51. The summed E-state index contributed by atoms with van der Waals surface area (Å²) < 4.78 is 0. The van der Waals surface area contributed by atoms with Crippen LogP contribution in [0, 0.1) is 12.8 Å². The predicted octanol–water partition coefficient (Wildman–Crippen LogP) is 4.80. The molecular weight excluding hydrogens is 264 g/mol. The molecular formula is C17H28N2S. The van der Waals surface area contributed by atoms with Gasteiger partial charge in [0, 0.05) is 23.2 Å². The van der Waals surface area contributed by atoms with Crippen LogP contribution in [0.25, 0.3) is 6.08 Å². The third-order valence-electron chi connectivity index (χ3n) is 3.90. The number of aryl methyl sites for hydroxylation is 1. The maximum atomic E-state index is 4.60. The van der Waals surface area contributed by atoms with E-state index in [0.29, 0.717) is 0 Å². The van der Waals surface area contributed by atoms with Crippen molar-refractivity contribution in [1.82, 2.24) is 10.3 Å². The molecule has 3 heteroatoms. The zero-order valence-electron chi connectivity index (χ0n) is 13.3. The Labute approximate surface area is 127 Å². The minimum Gasteiger partial charge on any atom is -0.308 e. The van der Waals surface area contributed by atoms with Crippen molar-refractivity contribution in [2.75, 3.05) is 6.54 Å². The van der Waals surface area contributed by atoms with Gasteiger partial charge in [-0.1, -0.05) is 24.8 Å². The highest BCUT2D eigenvalue weighted by Gasteiger charge is 2.20. The molecule has 0 aliphatic heterocycles. The van der Waals surface area contributed by atoms with Crippen LogP contribution in [0.15, 0.2) is 11.0 Å². The van der Waals surface area contributed by atoms with Crippen LogP contribution < -0.4 is 5.32 Å². The van der Waals surface area contributed by atoms with Gasteiger partial charge in [0.1, 0.15) is 5.01 Å². The van der Waals surface area contributed by atoms with Gasteiger partial charge in [0.15, 0.2) is 0 Å². The second kappa shape index (κ2) is 6.86. The highest BCUT2D eigenvalue weighted by atomic mass is 32.1. The number of hydrogen-bond acceptors (Lipinski definition) is 3. The summed E-state index contributed by atoms with van der Waals surface area (Å²) in [6, 6.07) is 0. The highest BCUT2D eigenvalue weighted by Crippen LogP contribution is 2.31.